The highest BCUT2D eigenvalue weighted by Gasteiger charge is 2.37. The van der Waals surface area contributed by atoms with E-state index in [1.54, 1.807) is 4.90 Å². The highest BCUT2D eigenvalue weighted by atomic mass is 16.5. The van der Waals surface area contributed by atoms with Crippen molar-refractivity contribution in [2.75, 3.05) is 19.7 Å². The second-order valence-electron chi connectivity index (χ2n) is 4.94. The Hall–Kier alpha value is -1.88. The highest BCUT2D eigenvalue weighted by Crippen LogP contribution is 2.36. The average molecular weight is 261 g/mol. The summed E-state index contributed by atoms with van der Waals surface area (Å²) in [6.45, 7) is 0.908. The number of morpholine rings is 1. The quantitative estimate of drug-likeness (QED) is 0.848. The van der Waals surface area contributed by atoms with Crippen LogP contribution in [-0.2, 0) is 20.7 Å². The van der Waals surface area contributed by atoms with E-state index in [1.807, 2.05) is 24.3 Å². The summed E-state index contributed by atoms with van der Waals surface area (Å²) in [5.41, 5.74) is 2.29. The largest absolute Gasteiger partial charge is 0.479 e. The molecule has 1 aliphatic heterocycles. The summed E-state index contributed by atoms with van der Waals surface area (Å²) >= 11 is 0. The zero-order valence-electron chi connectivity index (χ0n) is 10.4. The molecule has 1 aliphatic carbocycles. The van der Waals surface area contributed by atoms with Gasteiger partial charge in [0.25, 0.3) is 0 Å². The Labute approximate surface area is 110 Å². The third-order valence-electron chi connectivity index (χ3n) is 3.81. The molecule has 0 spiro atoms. The van der Waals surface area contributed by atoms with Gasteiger partial charge in [0.2, 0.25) is 5.91 Å². The van der Waals surface area contributed by atoms with Crippen LogP contribution in [0.15, 0.2) is 24.3 Å². The molecular weight excluding hydrogens is 246 g/mol. The number of carbonyl (C=O) groups is 2. The van der Waals surface area contributed by atoms with Crippen LogP contribution in [0.25, 0.3) is 0 Å². The molecule has 1 saturated heterocycles. The number of ether oxygens (including phenoxy) is 1. The molecule has 1 fully saturated rings. The summed E-state index contributed by atoms with van der Waals surface area (Å²) < 4.78 is 5.13. The van der Waals surface area contributed by atoms with Crippen molar-refractivity contribution >= 4 is 11.9 Å². The van der Waals surface area contributed by atoms with Gasteiger partial charge in [-0.3, -0.25) is 4.79 Å². The molecule has 3 rings (SSSR count). The van der Waals surface area contributed by atoms with E-state index in [0.717, 1.165) is 12.0 Å². The van der Waals surface area contributed by atoms with Crippen molar-refractivity contribution in [2.24, 2.45) is 0 Å². The fourth-order valence-electron chi connectivity index (χ4n) is 2.70. The lowest BCUT2D eigenvalue weighted by Crippen LogP contribution is -2.51. The second-order valence-corrected chi connectivity index (χ2v) is 4.94. The van der Waals surface area contributed by atoms with Gasteiger partial charge >= 0.3 is 5.97 Å². The van der Waals surface area contributed by atoms with Crippen molar-refractivity contribution in [2.45, 2.75) is 18.4 Å². The molecule has 0 saturated carbocycles. The van der Waals surface area contributed by atoms with E-state index >= 15 is 0 Å². The molecule has 1 amide bonds. The van der Waals surface area contributed by atoms with Gasteiger partial charge in [-0.15, -0.1) is 0 Å². The maximum atomic E-state index is 12.4. The molecule has 2 atom stereocenters. The molecule has 1 N–H and O–H groups in total. The fourth-order valence-corrected chi connectivity index (χ4v) is 2.70. The normalized spacial score (nSPS) is 25.4. The molecule has 2 aliphatic rings. The molecule has 1 heterocycles. The Morgan fingerprint density at radius 2 is 2.11 bits per heavy atom. The van der Waals surface area contributed by atoms with Crippen LogP contribution in [0.3, 0.4) is 0 Å². The number of aliphatic carboxylic acids is 1. The number of nitrogens with zero attached hydrogens (tertiary/aromatic N) is 1. The lowest BCUT2D eigenvalue weighted by atomic mass is 9.77. The van der Waals surface area contributed by atoms with Crippen molar-refractivity contribution in [3.8, 4) is 0 Å². The molecule has 0 aromatic heterocycles. The molecule has 2 unspecified atom stereocenters. The van der Waals surface area contributed by atoms with Crippen LogP contribution in [0.5, 0.6) is 0 Å². The topological polar surface area (TPSA) is 66.8 Å². The summed E-state index contributed by atoms with van der Waals surface area (Å²) in [5, 5.41) is 8.94. The van der Waals surface area contributed by atoms with Gasteiger partial charge < -0.3 is 14.7 Å². The Morgan fingerprint density at radius 3 is 2.84 bits per heavy atom. The van der Waals surface area contributed by atoms with Gasteiger partial charge in [0.1, 0.15) is 0 Å². The first kappa shape index (κ1) is 12.2. The molecule has 1 aromatic rings. The Kier molecular flexibility index (Phi) is 2.98. The van der Waals surface area contributed by atoms with E-state index in [0.29, 0.717) is 6.54 Å². The Bertz CT molecular complexity index is 528. The van der Waals surface area contributed by atoms with Crippen LogP contribution in [0.1, 0.15) is 17.0 Å². The van der Waals surface area contributed by atoms with Gasteiger partial charge in [0, 0.05) is 6.54 Å². The van der Waals surface area contributed by atoms with Crippen molar-refractivity contribution in [1.29, 1.82) is 0 Å². The van der Waals surface area contributed by atoms with E-state index in [-0.39, 0.29) is 25.0 Å². The number of hydrogen-bond acceptors (Lipinski definition) is 3. The SMILES string of the molecule is O=C(O)C1CN(C(=O)C2Cc3ccccc32)CCO1. The number of hydrogen-bond donors (Lipinski definition) is 1. The lowest BCUT2D eigenvalue weighted by molar-refractivity contribution is -0.160. The third-order valence-corrected chi connectivity index (χ3v) is 3.81. The van der Waals surface area contributed by atoms with Crippen LogP contribution in [0.2, 0.25) is 0 Å². The number of fused-ring (bicyclic) bond motifs is 1. The monoisotopic (exact) mass is 261 g/mol. The molecule has 19 heavy (non-hydrogen) atoms. The second kappa shape index (κ2) is 4.66. The van der Waals surface area contributed by atoms with E-state index in [2.05, 4.69) is 0 Å². The minimum atomic E-state index is -1.01. The minimum Gasteiger partial charge on any atom is -0.479 e. The Morgan fingerprint density at radius 1 is 1.32 bits per heavy atom. The zero-order chi connectivity index (χ0) is 13.4. The highest BCUT2D eigenvalue weighted by molar-refractivity contribution is 5.87. The first-order valence-electron chi connectivity index (χ1n) is 6.38. The Balaban J connectivity index is 1.70. The van der Waals surface area contributed by atoms with Crippen LogP contribution in [0, 0.1) is 0 Å². The number of carboxylic acid groups (broad SMARTS) is 1. The van der Waals surface area contributed by atoms with Gasteiger partial charge in [-0.1, -0.05) is 24.3 Å². The molecule has 5 nitrogen and oxygen atoms in total. The van der Waals surface area contributed by atoms with E-state index in [1.165, 1.54) is 5.56 Å². The van der Waals surface area contributed by atoms with Gasteiger partial charge in [-0.05, 0) is 17.5 Å². The van der Waals surface area contributed by atoms with Gasteiger partial charge in [-0.2, -0.15) is 0 Å². The number of carboxylic acids is 1. The standard InChI is InChI=1S/C14H15NO4/c16-13(11-7-9-3-1-2-4-10(9)11)15-5-6-19-12(8-15)14(17)18/h1-4,11-12H,5-8H2,(H,17,18). The van der Waals surface area contributed by atoms with Crippen molar-refractivity contribution in [1.82, 2.24) is 4.90 Å². The predicted octanol–water partition coefficient (Wildman–Crippen LogP) is 0.638. The minimum absolute atomic E-state index is 0.0215. The molecule has 0 bridgehead atoms. The number of rotatable bonds is 2. The number of benzene rings is 1. The lowest BCUT2D eigenvalue weighted by Gasteiger charge is -2.37. The van der Waals surface area contributed by atoms with Gasteiger partial charge in [0.15, 0.2) is 6.10 Å². The molecule has 0 radical (unpaired) electrons. The number of amides is 1. The van der Waals surface area contributed by atoms with E-state index in [4.69, 9.17) is 9.84 Å². The summed E-state index contributed by atoms with van der Waals surface area (Å²) in [7, 11) is 0. The summed E-state index contributed by atoms with van der Waals surface area (Å²) in [6.07, 6.45) is -0.141. The van der Waals surface area contributed by atoms with Gasteiger partial charge in [0.05, 0.1) is 19.1 Å². The molecule has 1 aromatic carbocycles. The van der Waals surface area contributed by atoms with Crippen LogP contribution >= 0.6 is 0 Å². The molecule has 5 heteroatoms. The van der Waals surface area contributed by atoms with E-state index < -0.39 is 12.1 Å². The predicted molar refractivity (Wildman–Crippen MR) is 66.8 cm³/mol. The maximum Gasteiger partial charge on any atom is 0.334 e. The van der Waals surface area contributed by atoms with Crippen LogP contribution < -0.4 is 0 Å². The van der Waals surface area contributed by atoms with Gasteiger partial charge in [-0.25, -0.2) is 4.79 Å². The smallest absolute Gasteiger partial charge is 0.334 e. The zero-order valence-corrected chi connectivity index (χ0v) is 10.4. The third kappa shape index (κ3) is 2.10. The van der Waals surface area contributed by atoms with E-state index in [9.17, 15) is 9.59 Å². The van der Waals surface area contributed by atoms with Crippen LogP contribution in [-0.4, -0.2) is 47.7 Å². The summed E-state index contributed by atoms with van der Waals surface area (Å²) in [5.74, 6) is -1.09. The van der Waals surface area contributed by atoms with Crippen molar-refractivity contribution < 1.29 is 19.4 Å². The van der Waals surface area contributed by atoms with Crippen LogP contribution in [0.4, 0.5) is 0 Å². The van der Waals surface area contributed by atoms with Crippen molar-refractivity contribution in [3.63, 3.8) is 0 Å². The van der Waals surface area contributed by atoms with Crippen molar-refractivity contribution in [3.05, 3.63) is 35.4 Å². The maximum absolute atomic E-state index is 12.4. The average Bonchev–Trinajstić information content (AvgIpc) is 2.40. The first-order chi connectivity index (χ1) is 9.16. The first-order valence-corrected chi connectivity index (χ1v) is 6.38. The number of carbonyl (C=O) groups excluding carboxylic acids is 1. The fraction of sp³-hybridized carbons (Fsp3) is 0.429. The molecular formula is C14H15NO4. The summed E-state index contributed by atoms with van der Waals surface area (Å²) in [4.78, 5) is 24.9. The summed E-state index contributed by atoms with van der Waals surface area (Å²) in [6, 6.07) is 7.89. The molecule has 100 valence electrons.